The summed E-state index contributed by atoms with van der Waals surface area (Å²) in [7, 11) is 0. The number of para-hydroxylation sites is 2. The van der Waals surface area contributed by atoms with Crippen molar-refractivity contribution in [1.29, 1.82) is 0 Å². The first-order valence-electron chi connectivity index (χ1n) is 11.4. The number of amides is 1. The van der Waals surface area contributed by atoms with Gasteiger partial charge >= 0.3 is 0 Å². The van der Waals surface area contributed by atoms with Crippen molar-refractivity contribution in [2.45, 2.75) is 38.1 Å². The Morgan fingerprint density at radius 2 is 1.68 bits per heavy atom. The molecule has 172 valence electrons. The molecule has 0 spiro atoms. The number of halogens is 2. The van der Waals surface area contributed by atoms with Crippen LogP contribution in [0.2, 0.25) is 10.0 Å². The zero-order valence-corrected chi connectivity index (χ0v) is 20.2. The summed E-state index contributed by atoms with van der Waals surface area (Å²) < 4.78 is 0. The molecule has 2 aliphatic rings. The summed E-state index contributed by atoms with van der Waals surface area (Å²) in [5.74, 6) is -0.0376. The van der Waals surface area contributed by atoms with Crippen molar-refractivity contribution in [1.82, 2.24) is 0 Å². The Balaban J connectivity index is 1.72. The summed E-state index contributed by atoms with van der Waals surface area (Å²) in [6, 6.07) is 22.2. The van der Waals surface area contributed by atoms with Gasteiger partial charge in [-0.1, -0.05) is 72.6 Å². The third-order valence-corrected chi connectivity index (χ3v) is 7.20. The molecule has 0 saturated heterocycles. The van der Waals surface area contributed by atoms with E-state index >= 15 is 0 Å². The molecule has 2 atom stereocenters. The van der Waals surface area contributed by atoms with E-state index in [1.807, 2.05) is 73.7 Å². The first-order chi connectivity index (χ1) is 16.5. The molecule has 1 amide bonds. The standard InChI is InChI=1S/C28H24Cl2N2O2/c1-2-26(34)32-24-10-6-5-9-22(24)31-23-15-18(17-11-13-19(29)14-12-17)16-25(33)27(23)28(32)20-7-3-4-8-21(20)30/h3-14,18,28,31H,2,15-16H2,1H3/t18-,28-/m1/s1. The Hall–Kier alpha value is -3.08. The van der Waals surface area contributed by atoms with Crippen molar-refractivity contribution in [2.75, 3.05) is 10.2 Å². The summed E-state index contributed by atoms with van der Waals surface area (Å²) in [6.07, 6.45) is 1.30. The number of nitrogens with zero attached hydrogens (tertiary/aromatic N) is 1. The van der Waals surface area contributed by atoms with Gasteiger partial charge in [0, 0.05) is 34.2 Å². The van der Waals surface area contributed by atoms with E-state index in [0.717, 1.165) is 28.2 Å². The zero-order valence-electron chi connectivity index (χ0n) is 18.7. The molecule has 34 heavy (non-hydrogen) atoms. The molecule has 1 heterocycles. The van der Waals surface area contributed by atoms with Crippen LogP contribution >= 0.6 is 23.2 Å². The molecular weight excluding hydrogens is 467 g/mol. The number of hydrogen-bond donors (Lipinski definition) is 1. The minimum Gasteiger partial charge on any atom is -0.357 e. The summed E-state index contributed by atoms with van der Waals surface area (Å²) in [5.41, 5.74) is 4.80. The number of fused-ring (bicyclic) bond motifs is 1. The number of benzene rings is 3. The average Bonchev–Trinajstić information content (AvgIpc) is 2.99. The highest BCUT2D eigenvalue weighted by Gasteiger charge is 2.41. The number of Topliss-reactive ketones (excluding diaryl/α,β-unsaturated/α-hetero) is 1. The van der Waals surface area contributed by atoms with Crippen LogP contribution in [0.5, 0.6) is 0 Å². The van der Waals surface area contributed by atoms with E-state index in [4.69, 9.17) is 23.2 Å². The maximum atomic E-state index is 13.8. The Labute approximate surface area is 209 Å². The molecule has 0 unspecified atom stereocenters. The van der Waals surface area contributed by atoms with E-state index in [1.165, 1.54) is 0 Å². The number of ketones is 1. The molecule has 0 radical (unpaired) electrons. The Bertz CT molecular complexity index is 1300. The summed E-state index contributed by atoms with van der Waals surface area (Å²) in [5, 5.41) is 4.72. The van der Waals surface area contributed by atoms with Gasteiger partial charge in [0.05, 0.1) is 17.4 Å². The molecule has 1 aliphatic carbocycles. The predicted octanol–water partition coefficient (Wildman–Crippen LogP) is 7.30. The molecule has 0 aromatic heterocycles. The maximum absolute atomic E-state index is 13.8. The molecule has 5 rings (SSSR count). The van der Waals surface area contributed by atoms with Gasteiger partial charge in [0.2, 0.25) is 5.91 Å². The molecule has 1 aliphatic heterocycles. The lowest BCUT2D eigenvalue weighted by Gasteiger charge is -2.35. The van der Waals surface area contributed by atoms with Crippen LogP contribution in [-0.4, -0.2) is 11.7 Å². The van der Waals surface area contributed by atoms with Gasteiger partial charge in [-0.2, -0.15) is 0 Å². The molecule has 3 aromatic carbocycles. The smallest absolute Gasteiger partial charge is 0.227 e. The second-order valence-electron chi connectivity index (χ2n) is 8.66. The normalized spacial score (nSPS) is 19.7. The van der Waals surface area contributed by atoms with E-state index in [0.29, 0.717) is 34.9 Å². The third-order valence-electron chi connectivity index (χ3n) is 6.60. The quantitative estimate of drug-likeness (QED) is 0.418. The topological polar surface area (TPSA) is 49.4 Å². The molecular formula is C28H24Cl2N2O2. The van der Waals surface area contributed by atoms with Crippen molar-refractivity contribution in [3.8, 4) is 0 Å². The molecule has 4 nitrogen and oxygen atoms in total. The lowest BCUT2D eigenvalue weighted by atomic mass is 9.78. The number of nitrogens with one attached hydrogen (secondary N) is 1. The molecule has 1 N–H and O–H groups in total. The number of carbonyl (C=O) groups excluding carboxylic acids is 2. The van der Waals surface area contributed by atoms with E-state index in [9.17, 15) is 9.59 Å². The lowest BCUT2D eigenvalue weighted by Crippen LogP contribution is -2.38. The second-order valence-corrected chi connectivity index (χ2v) is 9.50. The number of allylic oxidation sites excluding steroid dienone is 1. The van der Waals surface area contributed by atoms with Crippen LogP contribution in [0.4, 0.5) is 11.4 Å². The number of carbonyl (C=O) groups is 2. The van der Waals surface area contributed by atoms with Crippen molar-refractivity contribution >= 4 is 46.3 Å². The zero-order chi connectivity index (χ0) is 23.8. The molecule has 0 bridgehead atoms. The number of anilines is 2. The summed E-state index contributed by atoms with van der Waals surface area (Å²) >= 11 is 12.8. The van der Waals surface area contributed by atoms with Crippen LogP contribution in [0, 0.1) is 0 Å². The fourth-order valence-corrected chi connectivity index (χ4v) is 5.36. The highest BCUT2D eigenvalue weighted by atomic mass is 35.5. The Morgan fingerprint density at radius 3 is 2.41 bits per heavy atom. The van der Waals surface area contributed by atoms with Gasteiger partial charge in [-0.3, -0.25) is 14.5 Å². The molecule has 3 aromatic rings. The minimum atomic E-state index is -0.606. The van der Waals surface area contributed by atoms with Crippen molar-refractivity contribution in [3.63, 3.8) is 0 Å². The van der Waals surface area contributed by atoms with Crippen LogP contribution < -0.4 is 10.2 Å². The highest BCUT2D eigenvalue weighted by molar-refractivity contribution is 6.31. The van der Waals surface area contributed by atoms with Crippen LogP contribution in [0.25, 0.3) is 0 Å². The van der Waals surface area contributed by atoms with E-state index in [-0.39, 0.29) is 17.6 Å². The minimum absolute atomic E-state index is 0.0142. The largest absolute Gasteiger partial charge is 0.357 e. The molecule has 6 heteroatoms. The first-order valence-corrected chi connectivity index (χ1v) is 12.2. The van der Waals surface area contributed by atoms with Gasteiger partial charge in [0.1, 0.15) is 0 Å². The van der Waals surface area contributed by atoms with E-state index in [1.54, 1.807) is 11.0 Å². The second kappa shape index (κ2) is 9.28. The van der Waals surface area contributed by atoms with Gasteiger partial charge in [-0.25, -0.2) is 0 Å². The number of rotatable bonds is 3. The van der Waals surface area contributed by atoms with Crippen molar-refractivity contribution in [3.05, 3.63) is 105 Å². The van der Waals surface area contributed by atoms with E-state index in [2.05, 4.69) is 5.32 Å². The fourth-order valence-electron chi connectivity index (χ4n) is 5.00. The van der Waals surface area contributed by atoms with Crippen molar-refractivity contribution < 1.29 is 9.59 Å². The van der Waals surface area contributed by atoms with Crippen LogP contribution in [-0.2, 0) is 9.59 Å². The van der Waals surface area contributed by atoms with Gasteiger partial charge in [0.15, 0.2) is 5.78 Å². The monoisotopic (exact) mass is 490 g/mol. The van der Waals surface area contributed by atoms with Gasteiger partial charge in [-0.05, 0) is 53.8 Å². The highest BCUT2D eigenvalue weighted by Crippen LogP contribution is 2.48. The summed E-state index contributed by atoms with van der Waals surface area (Å²) in [6.45, 7) is 1.83. The van der Waals surface area contributed by atoms with Crippen LogP contribution in [0.1, 0.15) is 49.3 Å². The van der Waals surface area contributed by atoms with E-state index < -0.39 is 6.04 Å². The number of hydrogen-bond acceptors (Lipinski definition) is 3. The SMILES string of the molecule is CCC(=O)N1c2ccccc2NC2=C(C(=O)C[C@H](c3ccc(Cl)cc3)C2)[C@H]1c1ccccc1Cl. The first kappa shape index (κ1) is 22.7. The maximum Gasteiger partial charge on any atom is 0.227 e. The predicted molar refractivity (Wildman–Crippen MR) is 137 cm³/mol. The average molecular weight is 491 g/mol. The Kier molecular flexibility index (Phi) is 6.20. The Morgan fingerprint density at radius 1 is 0.971 bits per heavy atom. The van der Waals surface area contributed by atoms with Gasteiger partial charge in [0.25, 0.3) is 0 Å². The molecule has 0 saturated carbocycles. The van der Waals surface area contributed by atoms with Crippen LogP contribution in [0.15, 0.2) is 84.1 Å². The summed E-state index contributed by atoms with van der Waals surface area (Å²) in [4.78, 5) is 29.0. The fraction of sp³-hybridized carbons (Fsp3) is 0.214. The van der Waals surface area contributed by atoms with Gasteiger partial charge < -0.3 is 5.32 Å². The molecule has 0 fully saturated rings. The van der Waals surface area contributed by atoms with Gasteiger partial charge in [-0.15, -0.1) is 0 Å². The lowest BCUT2D eigenvalue weighted by molar-refractivity contribution is -0.119. The third kappa shape index (κ3) is 4.02. The van der Waals surface area contributed by atoms with Crippen LogP contribution in [0.3, 0.4) is 0 Å². The van der Waals surface area contributed by atoms with Crippen molar-refractivity contribution in [2.24, 2.45) is 0 Å².